The lowest BCUT2D eigenvalue weighted by molar-refractivity contribution is 0.284. The average Bonchev–Trinajstić information content (AvgIpc) is 2.69. The smallest absolute Gasteiger partial charge is 0.180 e. The monoisotopic (exact) mass is 420 g/mol. The molecule has 7 heteroatoms. The first-order chi connectivity index (χ1) is 13.6. The first-order valence-corrected chi connectivity index (χ1v) is 9.36. The van der Waals surface area contributed by atoms with Crippen molar-refractivity contribution >= 4 is 23.2 Å². The fourth-order valence-electron chi connectivity index (χ4n) is 2.64. The van der Waals surface area contributed by atoms with Crippen LogP contribution in [-0.2, 0) is 19.7 Å². The largest absolute Gasteiger partial charge is 0.493 e. The minimum Gasteiger partial charge on any atom is -0.493 e. The molecule has 3 rings (SSSR count). The summed E-state index contributed by atoms with van der Waals surface area (Å²) in [5.74, 6) is 0.533. The van der Waals surface area contributed by atoms with Crippen molar-refractivity contribution in [3.05, 3.63) is 87.4 Å². The lowest BCUT2D eigenvalue weighted by atomic mass is 10.2. The number of halogens is 3. The van der Waals surface area contributed by atoms with E-state index in [4.69, 9.17) is 32.7 Å². The molecule has 1 N–H and O–H groups in total. The highest BCUT2D eigenvalue weighted by molar-refractivity contribution is 6.32. The fraction of sp³-hybridized carbons (Fsp3) is 0.190. The standard InChI is InChI=1S/C21H19Cl2FN2O2/c1-27-20-9-14(11-25-12-17-4-2-3-7-26-17)8-19(23)21(20)28-13-15-5-6-16(24)10-18(15)22/h2-10,25H,11-13H2,1H3. The summed E-state index contributed by atoms with van der Waals surface area (Å²) in [4.78, 5) is 4.27. The predicted octanol–water partition coefficient (Wildman–Crippen LogP) is 5.40. The molecular weight excluding hydrogens is 402 g/mol. The van der Waals surface area contributed by atoms with Crippen LogP contribution < -0.4 is 14.8 Å². The number of ether oxygens (including phenoxy) is 2. The van der Waals surface area contributed by atoms with Gasteiger partial charge in [0.1, 0.15) is 12.4 Å². The predicted molar refractivity (Wildman–Crippen MR) is 109 cm³/mol. The summed E-state index contributed by atoms with van der Waals surface area (Å²) < 4.78 is 24.4. The Morgan fingerprint density at radius 3 is 2.61 bits per heavy atom. The third kappa shape index (κ3) is 5.35. The maximum Gasteiger partial charge on any atom is 0.180 e. The van der Waals surface area contributed by atoms with E-state index in [2.05, 4.69) is 10.3 Å². The average molecular weight is 421 g/mol. The van der Waals surface area contributed by atoms with E-state index >= 15 is 0 Å². The van der Waals surface area contributed by atoms with Gasteiger partial charge in [0.25, 0.3) is 0 Å². The highest BCUT2D eigenvalue weighted by Crippen LogP contribution is 2.37. The van der Waals surface area contributed by atoms with Crippen molar-refractivity contribution in [2.45, 2.75) is 19.7 Å². The zero-order valence-electron chi connectivity index (χ0n) is 15.2. The maximum atomic E-state index is 13.2. The number of rotatable bonds is 8. The molecular formula is C21H19Cl2FN2O2. The van der Waals surface area contributed by atoms with Crippen molar-refractivity contribution < 1.29 is 13.9 Å². The fourth-order valence-corrected chi connectivity index (χ4v) is 3.15. The quantitative estimate of drug-likeness (QED) is 0.529. The van der Waals surface area contributed by atoms with Gasteiger partial charge in [-0.3, -0.25) is 4.98 Å². The van der Waals surface area contributed by atoms with Crippen molar-refractivity contribution in [1.82, 2.24) is 10.3 Å². The number of benzene rings is 2. The van der Waals surface area contributed by atoms with Crippen LogP contribution >= 0.6 is 23.2 Å². The Balaban J connectivity index is 1.67. The summed E-state index contributed by atoms with van der Waals surface area (Å²) in [6.07, 6.45) is 1.76. The van der Waals surface area contributed by atoms with Crippen LogP contribution in [0.1, 0.15) is 16.8 Å². The molecule has 0 radical (unpaired) electrons. The summed E-state index contributed by atoms with van der Waals surface area (Å²) in [5.41, 5.74) is 2.56. The van der Waals surface area contributed by atoms with E-state index in [1.165, 1.54) is 12.1 Å². The van der Waals surface area contributed by atoms with Crippen molar-refractivity contribution in [1.29, 1.82) is 0 Å². The Bertz CT molecular complexity index is 939. The second-order valence-electron chi connectivity index (χ2n) is 6.06. The summed E-state index contributed by atoms with van der Waals surface area (Å²) in [6.45, 7) is 1.38. The number of nitrogens with one attached hydrogen (secondary N) is 1. The van der Waals surface area contributed by atoms with Crippen molar-refractivity contribution in [3.63, 3.8) is 0 Å². The van der Waals surface area contributed by atoms with E-state index in [0.717, 1.165) is 11.3 Å². The van der Waals surface area contributed by atoms with E-state index < -0.39 is 5.82 Å². The van der Waals surface area contributed by atoms with E-state index in [1.807, 2.05) is 30.3 Å². The molecule has 146 valence electrons. The zero-order chi connectivity index (χ0) is 19.9. The van der Waals surface area contributed by atoms with Gasteiger partial charge in [0.05, 0.1) is 22.8 Å². The molecule has 0 unspecified atom stereocenters. The number of hydrogen-bond donors (Lipinski definition) is 1. The highest BCUT2D eigenvalue weighted by atomic mass is 35.5. The minimum atomic E-state index is -0.396. The van der Waals surface area contributed by atoms with Gasteiger partial charge in [-0.15, -0.1) is 0 Å². The summed E-state index contributed by atoms with van der Waals surface area (Å²) in [7, 11) is 1.55. The van der Waals surface area contributed by atoms with E-state index in [0.29, 0.717) is 40.2 Å². The van der Waals surface area contributed by atoms with Crippen molar-refractivity contribution in [2.75, 3.05) is 7.11 Å². The Hall–Kier alpha value is -2.34. The van der Waals surface area contributed by atoms with E-state index in [9.17, 15) is 4.39 Å². The van der Waals surface area contributed by atoms with E-state index in [-0.39, 0.29) is 6.61 Å². The summed E-state index contributed by atoms with van der Waals surface area (Å²) in [5, 5.41) is 4.04. The number of pyridine rings is 1. The number of hydrogen-bond acceptors (Lipinski definition) is 4. The van der Waals surface area contributed by atoms with Crippen LogP contribution in [0.25, 0.3) is 0 Å². The topological polar surface area (TPSA) is 43.4 Å². The molecule has 3 aromatic rings. The van der Waals surface area contributed by atoms with Crippen LogP contribution in [0, 0.1) is 5.82 Å². The molecule has 0 fully saturated rings. The van der Waals surface area contributed by atoms with Gasteiger partial charge in [0.15, 0.2) is 11.5 Å². The number of methoxy groups -OCH3 is 1. The van der Waals surface area contributed by atoms with Gasteiger partial charge in [0.2, 0.25) is 0 Å². The molecule has 28 heavy (non-hydrogen) atoms. The maximum absolute atomic E-state index is 13.2. The Morgan fingerprint density at radius 1 is 1.04 bits per heavy atom. The number of nitrogens with zero attached hydrogens (tertiary/aromatic N) is 1. The van der Waals surface area contributed by atoms with Crippen molar-refractivity contribution in [2.24, 2.45) is 0 Å². The molecule has 1 heterocycles. The Morgan fingerprint density at radius 2 is 1.89 bits per heavy atom. The lowest BCUT2D eigenvalue weighted by Gasteiger charge is -2.15. The van der Waals surface area contributed by atoms with Crippen LogP contribution in [-0.4, -0.2) is 12.1 Å². The van der Waals surface area contributed by atoms with Crippen LogP contribution in [0.2, 0.25) is 10.0 Å². The lowest BCUT2D eigenvalue weighted by Crippen LogP contribution is -2.13. The first kappa shape index (κ1) is 20.4. The van der Waals surface area contributed by atoms with Gasteiger partial charge in [-0.2, -0.15) is 0 Å². The Kier molecular flexibility index (Phi) is 7.09. The van der Waals surface area contributed by atoms with Gasteiger partial charge in [-0.05, 0) is 42.0 Å². The summed E-state index contributed by atoms with van der Waals surface area (Å²) >= 11 is 12.4. The summed E-state index contributed by atoms with van der Waals surface area (Å²) in [6, 6.07) is 13.6. The van der Waals surface area contributed by atoms with Crippen molar-refractivity contribution in [3.8, 4) is 11.5 Å². The Labute approximate surface area is 173 Å². The van der Waals surface area contributed by atoms with Crippen LogP contribution in [0.4, 0.5) is 4.39 Å². The van der Waals surface area contributed by atoms with Gasteiger partial charge < -0.3 is 14.8 Å². The molecule has 2 aromatic carbocycles. The molecule has 0 spiro atoms. The molecule has 0 aliphatic carbocycles. The highest BCUT2D eigenvalue weighted by Gasteiger charge is 2.13. The first-order valence-electron chi connectivity index (χ1n) is 8.60. The van der Waals surface area contributed by atoms with Gasteiger partial charge in [-0.25, -0.2) is 4.39 Å². The molecule has 0 atom stereocenters. The normalized spacial score (nSPS) is 10.7. The molecule has 0 saturated heterocycles. The second-order valence-corrected chi connectivity index (χ2v) is 6.87. The van der Waals surface area contributed by atoms with Crippen LogP contribution in [0.15, 0.2) is 54.7 Å². The van der Waals surface area contributed by atoms with E-state index in [1.54, 1.807) is 19.4 Å². The van der Waals surface area contributed by atoms with Crippen LogP contribution in [0.3, 0.4) is 0 Å². The third-order valence-corrected chi connectivity index (χ3v) is 4.67. The molecule has 0 aliphatic heterocycles. The molecule has 0 bridgehead atoms. The molecule has 0 aliphatic rings. The van der Waals surface area contributed by atoms with Gasteiger partial charge in [0, 0.05) is 24.8 Å². The minimum absolute atomic E-state index is 0.145. The molecule has 0 saturated carbocycles. The second kappa shape index (κ2) is 9.73. The number of aromatic nitrogens is 1. The molecule has 4 nitrogen and oxygen atoms in total. The third-order valence-electron chi connectivity index (χ3n) is 4.04. The van der Waals surface area contributed by atoms with Gasteiger partial charge >= 0.3 is 0 Å². The molecule has 0 amide bonds. The SMILES string of the molecule is COc1cc(CNCc2ccccn2)cc(Cl)c1OCc1ccc(F)cc1Cl. The zero-order valence-corrected chi connectivity index (χ0v) is 16.7. The molecule has 1 aromatic heterocycles. The van der Waals surface area contributed by atoms with Crippen LogP contribution in [0.5, 0.6) is 11.5 Å². The van der Waals surface area contributed by atoms with Gasteiger partial charge in [-0.1, -0.05) is 35.3 Å².